The number of esters is 1. The lowest BCUT2D eigenvalue weighted by Crippen LogP contribution is -2.39. The second kappa shape index (κ2) is 11.9. The van der Waals surface area contributed by atoms with Crippen molar-refractivity contribution >= 4 is 124 Å². The number of anilines is 1. The molecule has 0 radical (unpaired) electrons. The molecule has 0 bridgehead atoms. The normalized spacial score (nSPS) is 12.7. The number of alkyl halides is 3. The van der Waals surface area contributed by atoms with E-state index in [0.717, 1.165) is 24.3 Å². The van der Waals surface area contributed by atoms with Crippen LogP contribution in [-0.2, 0) is 14.9 Å². The van der Waals surface area contributed by atoms with Crippen LogP contribution in [0.1, 0.15) is 31.1 Å². The highest BCUT2D eigenvalue weighted by Crippen LogP contribution is 2.33. The summed E-state index contributed by atoms with van der Waals surface area (Å²) >= 11 is 7.63. The molecule has 2 rings (SSSR count). The second-order valence-electron chi connectivity index (χ2n) is 6.53. The number of hydrogen-bond donors (Lipinski definition) is 3. The first-order valence-electron chi connectivity index (χ1n) is 8.67. The Bertz CT molecular complexity index is 1300. The summed E-state index contributed by atoms with van der Waals surface area (Å²) in [6.45, 7) is 0. The fourth-order valence-corrected chi connectivity index (χ4v) is 6.82. The van der Waals surface area contributed by atoms with Crippen molar-refractivity contribution in [2.24, 2.45) is 0 Å². The number of carboxylic acid groups (broad SMARTS) is 1. The van der Waals surface area contributed by atoms with E-state index in [9.17, 15) is 41.1 Å². The van der Waals surface area contributed by atoms with Gasteiger partial charge in [-0.2, -0.15) is 21.6 Å². The SMILES string of the molecule is O=C(OC(CS(=O)(=O)O)C(F)(F)F)c1ccc(NC(=O)c2c(I)c(I)c(I)c(I)c2C(=O)O)cc1. The van der Waals surface area contributed by atoms with Crippen LogP contribution in [0.4, 0.5) is 18.9 Å². The highest BCUT2D eigenvalue weighted by molar-refractivity contribution is 14.1. The summed E-state index contributed by atoms with van der Waals surface area (Å²) in [7, 11) is -5.09. The standard InChI is InChI=1S/C18H10F3I4NO8S/c19-18(20,21)8(5-35(31,32)33)34-17(30)6-1-3-7(4-2-6)26-15(27)9-10(16(28)29)12(23)14(25)13(24)11(9)22/h1-4,8H,5H2,(H,26,27)(H,28,29)(H,31,32,33). The molecule has 190 valence electrons. The zero-order chi connectivity index (χ0) is 26.9. The number of ether oxygens (including phenoxy) is 1. The van der Waals surface area contributed by atoms with Gasteiger partial charge in [0.25, 0.3) is 16.0 Å². The average molecular weight is 965 g/mol. The minimum Gasteiger partial charge on any atom is -0.478 e. The molecule has 1 atom stereocenters. The molecule has 0 aromatic heterocycles. The van der Waals surface area contributed by atoms with Gasteiger partial charge in [0.1, 0.15) is 5.75 Å². The van der Waals surface area contributed by atoms with Crippen LogP contribution in [0.15, 0.2) is 24.3 Å². The number of carboxylic acids is 1. The van der Waals surface area contributed by atoms with Crippen LogP contribution in [0.2, 0.25) is 0 Å². The molecule has 2 aromatic carbocycles. The molecule has 2 aromatic rings. The molecule has 0 fully saturated rings. The Hall–Kier alpha value is -0.530. The molecule has 3 N–H and O–H groups in total. The lowest BCUT2D eigenvalue weighted by Gasteiger charge is -2.19. The predicted molar refractivity (Wildman–Crippen MR) is 150 cm³/mol. The van der Waals surface area contributed by atoms with E-state index in [0.29, 0.717) is 14.3 Å². The van der Waals surface area contributed by atoms with E-state index in [1.54, 1.807) is 0 Å². The zero-order valence-electron chi connectivity index (χ0n) is 16.5. The van der Waals surface area contributed by atoms with E-state index in [4.69, 9.17) is 4.55 Å². The topological polar surface area (TPSA) is 147 Å². The third kappa shape index (κ3) is 7.98. The number of aromatic carboxylic acids is 1. The maximum atomic E-state index is 13.0. The number of hydrogen-bond acceptors (Lipinski definition) is 6. The fraction of sp³-hybridized carbons (Fsp3) is 0.167. The molecular formula is C18H10F3I4NO8S. The van der Waals surface area contributed by atoms with E-state index >= 15 is 0 Å². The van der Waals surface area contributed by atoms with E-state index in [1.807, 2.05) is 90.4 Å². The number of carbonyl (C=O) groups excluding carboxylic acids is 2. The number of nitrogens with one attached hydrogen (secondary N) is 1. The largest absolute Gasteiger partial charge is 0.478 e. The van der Waals surface area contributed by atoms with Crippen LogP contribution in [-0.4, -0.2) is 54.0 Å². The highest BCUT2D eigenvalue weighted by Gasteiger charge is 2.45. The summed E-state index contributed by atoms with van der Waals surface area (Å²) in [6.07, 6.45) is -8.34. The monoisotopic (exact) mass is 965 g/mol. The molecule has 0 saturated heterocycles. The van der Waals surface area contributed by atoms with Crippen LogP contribution in [0.25, 0.3) is 0 Å². The first-order valence-corrected chi connectivity index (χ1v) is 14.6. The summed E-state index contributed by atoms with van der Waals surface area (Å²) in [6, 6.07) is 4.36. The Labute approximate surface area is 250 Å². The quantitative estimate of drug-likeness (QED) is 0.115. The van der Waals surface area contributed by atoms with E-state index in [-0.39, 0.29) is 16.8 Å². The van der Waals surface area contributed by atoms with Gasteiger partial charge in [-0.3, -0.25) is 9.35 Å². The van der Waals surface area contributed by atoms with E-state index in [2.05, 4.69) is 10.1 Å². The molecule has 17 heteroatoms. The number of benzene rings is 2. The van der Waals surface area contributed by atoms with Gasteiger partial charge < -0.3 is 15.2 Å². The van der Waals surface area contributed by atoms with Gasteiger partial charge in [-0.05, 0) is 115 Å². The van der Waals surface area contributed by atoms with Gasteiger partial charge in [0.05, 0.1) is 16.7 Å². The second-order valence-corrected chi connectivity index (χ2v) is 12.3. The van der Waals surface area contributed by atoms with Crippen molar-refractivity contribution in [3.05, 3.63) is 55.2 Å². The molecule has 35 heavy (non-hydrogen) atoms. The molecule has 1 amide bonds. The van der Waals surface area contributed by atoms with Crippen LogP contribution in [0.5, 0.6) is 0 Å². The Balaban J connectivity index is 2.28. The molecule has 1 unspecified atom stereocenters. The summed E-state index contributed by atoms with van der Waals surface area (Å²) in [4.78, 5) is 36.8. The molecule has 0 heterocycles. The lowest BCUT2D eigenvalue weighted by atomic mass is 10.1. The maximum absolute atomic E-state index is 13.0. The van der Waals surface area contributed by atoms with Gasteiger partial charge >= 0.3 is 18.1 Å². The number of rotatable bonds is 7. The van der Waals surface area contributed by atoms with Crippen molar-refractivity contribution in [2.75, 3.05) is 11.1 Å². The minimum absolute atomic E-state index is 0.0889. The first kappa shape index (κ1) is 30.7. The number of amides is 1. The van der Waals surface area contributed by atoms with E-state index < -0.39 is 51.6 Å². The molecule has 9 nitrogen and oxygen atoms in total. The van der Waals surface area contributed by atoms with Crippen molar-refractivity contribution in [2.45, 2.75) is 12.3 Å². The van der Waals surface area contributed by atoms with Crippen molar-refractivity contribution in [1.82, 2.24) is 0 Å². The van der Waals surface area contributed by atoms with Crippen molar-refractivity contribution in [3.8, 4) is 0 Å². The maximum Gasteiger partial charge on any atom is 0.426 e. The number of halogens is 7. The molecule has 0 aliphatic rings. The molecule has 0 spiro atoms. The molecule has 0 saturated carbocycles. The third-order valence-corrected chi connectivity index (χ3v) is 12.2. The van der Waals surface area contributed by atoms with Crippen molar-refractivity contribution in [1.29, 1.82) is 0 Å². The molecule has 0 aliphatic carbocycles. The third-order valence-electron chi connectivity index (χ3n) is 4.06. The number of carbonyl (C=O) groups is 3. The Morgan fingerprint density at radius 3 is 1.86 bits per heavy atom. The highest BCUT2D eigenvalue weighted by atomic mass is 127. The average Bonchev–Trinajstić information content (AvgIpc) is 2.72. The molecular weight excluding hydrogens is 955 g/mol. The van der Waals surface area contributed by atoms with Crippen LogP contribution >= 0.6 is 90.4 Å². The van der Waals surface area contributed by atoms with Gasteiger partial charge in [0.15, 0.2) is 0 Å². The van der Waals surface area contributed by atoms with Crippen molar-refractivity contribution in [3.63, 3.8) is 0 Å². The summed E-state index contributed by atoms with van der Waals surface area (Å²) in [5.74, 6) is -5.46. The summed E-state index contributed by atoms with van der Waals surface area (Å²) in [5.41, 5.74) is -0.595. The van der Waals surface area contributed by atoms with Crippen LogP contribution in [0, 0.1) is 14.3 Å². The fourth-order valence-electron chi connectivity index (χ4n) is 2.51. The van der Waals surface area contributed by atoms with E-state index in [1.165, 1.54) is 0 Å². The zero-order valence-corrected chi connectivity index (χ0v) is 25.9. The van der Waals surface area contributed by atoms with Gasteiger partial charge in [0, 0.05) is 20.0 Å². The first-order chi connectivity index (χ1) is 15.9. The smallest absolute Gasteiger partial charge is 0.426 e. The van der Waals surface area contributed by atoms with Crippen LogP contribution < -0.4 is 5.32 Å². The van der Waals surface area contributed by atoms with Crippen LogP contribution in [0.3, 0.4) is 0 Å². The summed E-state index contributed by atoms with van der Waals surface area (Å²) < 4.78 is 75.5. The van der Waals surface area contributed by atoms with Gasteiger partial charge in [-0.25, -0.2) is 9.59 Å². The Morgan fingerprint density at radius 1 is 0.943 bits per heavy atom. The predicted octanol–water partition coefficient (Wildman–Crippen LogP) is 5.03. The van der Waals surface area contributed by atoms with Gasteiger partial charge in [-0.15, -0.1) is 0 Å². The Morgan fingerprint density at radius 2 is 1.43 bits per heavy atom. The van der Waals surface area contributed by atoms with Gasteiger partial charge in [0.2, 0.25) is 6.10 Å². The minimum atomic E-state index is -5.25. The lowest BCUT2D eigenvalue weighted by molar-refractivity contribution is -0.197. The molecule has 0 aliphatic heterocycles. The van der Waals surface area contributed by atoms with Gasteiger partial charge in [-0.1, -0.05) is 0 Å². The summed E-state index contributed by atoms with van der Waals surface area (Å²) in [5, 5.41) is 12.1. The Kier molecular flexibility index (Phi) is 10.4. The van der Waals surface area contributed by atoms with Crippen molar-refractivity contribution < 1.29 is 50.4 Å².